The lowest BCUT2D eigenvalue weighted by molar-refractivity contribution is -0.122. The van der Waals surface area contributed by atoms with Gasteiger partial charge in [0.05, 0.1) is 12.1 Å². The first-order valence-corrected chi connectivity index (χ1v) is 12.1. The molecule has 0 saturated heterocycles. The van der Waals surface area contributed by atoms with Crippen LogP contribution in [0.3, 0.4) is 0 Å². The van der Waals surface area contributed by atoms with E-state index in [1.807, 2.05) is 79.7 Å². The van der Waals surface area contributed by atoms with Gasteiger partial charge in [-0.05, 0) is 47.7 Å². The summed E-state index contributed by atoms with van der Waals surface area (Å²) in [4.78, 5) is 15.2. The van der Waals surface area contributed by atoms with Crippen molar-refractivity contribution in [1.29, 1.82) is 0 Å². The fourth-order valence-corrected chi connectivity index (χ4v) is 4.12. The number of alkyl halides is 2. The van der Waals surface area contributed by atoms with Gasteiger partial charge in [0.2, 0.25) is 5.91 Å². The predicted molar refractivity (Wildman–Crippen MR) is 140 cm³/mol. The Hall–Kier alpha value is -2.82. The summed E-state index contributed by atoms with van der Waals surface area (Å²) in [6.07, 6.45) is 2.30. The van der Waals surface area contributed by atoms with Crippen LogP contribution in [0.5, 0.6) is 0 Å². The second kappa shape index (κ2) is 13.0. The molecule has 0 spiro atoms. The number of hydrogen-bond acceptors (Lipinski definition) is 3. The maximum absolute atomic E-state index is 13.1. The van der Waals surface area contributed by atoms with E-state index < -0.39 is 0 Å². The van der Waals surface area contributed by atoms with Gasteiger partial charge in [-0.2, -0.15) is 5.10 Å². The Kier molecular flexibility index (Phi) is 9.79. The number of nitrogens with one attached hydrogen (secondary N) is 1. The predicted octanol–water partition coefficient (Wildman–Crippen LogP) is 5.76. The van der Waals surface area contributed by atoms with Crippen LogP contribution in [0.2, 0.25) is 0 Å². The third-order valence-corrected chi connectivity index (χ3v) is 5.84. The molecule has 172 valence electrons. The summed E-state index contributed by atoms with van der Waals surface area (Å²) in [5, 5.41) is 4.26. The average Bonchev–Trinajstić information content (AvgIpc) is 2.84. The molecule has 1 atom stereocenters. The molecular formula is C27H29Cl2N3O. The number of rotatable bonds is 11. The fraction of sp³-hybridized carbons (Fsp3) is 0.259. The van der Waals surface area contributed by atoms with Crippen LogP contribution in [0, 0.1) is 6.92 Å². The molecule has 3 aromatic rings. The maximum Gasteiger partial charge on any atom is 0.247 e. The summed E-state index contributed by atoms with van der Waals surface area (Å²) in [5.41, 5.74) is 7.88. The van der Waals surface area contributed by atoms with Crippen molar-refractivity contribution in [3.05, 3.63) is 101 Å². The van der Waals surface area contributed by atoms with Gasteiger partial charge in [0, 0.05) is 30.5 Å². The zero-order valence-electron chi connectivity index (χ0n) is 18.8. The first-order chi connectivity index (χ1) is 16.1. The number of anilines is 1. The molecule has 0 fully saturated rings. The molecule has 0 aliphatic carbocycles. The van der Waals surface area contributed by atoms with Crippen LogP contribution >= 0.6 is 23.2 Å². The van der Waals surface area contributed by atoms with E-state index in [9.17, 15) is 4.79 Å². The van der Waals surface area contributed by atoms with E-state index in [1.54, 1.807) is 6.21 Å². The molecule has 0 aromatic heterocycles. The standard InChI is InChI=1S/C27H29Cl2N3O/c1-21-18-25(32(16-14-28)17-15-29)13-12-24(21)20-30-31-27(33)26(23-10-6-3-7-11-23)19-22-8-4-2-5-9-22/h2-13,18,20,26H,14-17,19H2,1H3,(H,31,33)/b30-20-/t26-/m1/s1. The Morgan fingerprint density at radius 2 is 1.61 bits per heavy atom. The fourth-order valence-electron chi connectivity index (χ4n) is 3.72. The van der Waals surface area contributed by atoms with Crippen molar-refractivity contribution in [2.75, 3.05) is 29.7 Å². The zero-order valence-corrected chi connectivity index (χ0v) is 20.3. The van der Waals surface area contributed by atoms with Crippen LogP contribution in [0.1, 0.15) is 28.2 Å². The molecule has 0 radical (unpaired) electrons. The minimum absolute atomic E-state index is 0.133. The first kappa shape index (κ1) is 24.8. The molecule has 0 aliphatic rings. The Labute approximate surface area is 206 Å². The number of amides is 1. The van der Waals surface area contributed by atoms with Gasteiger partial charge in [-0.3, -0.25) is 4.79 Å². The van der Waals surface area contributed by atoms with Crippen LogP contribution in [0.4, 0.5) is 5.69 Å². The lowest BCUT2D eigenvalue weighted by atomic mass is 9.91. The van der Waals surface area contributed by atoms with E-state index in [1.165, 1.54) is 0 Å². The zero-order chi connectivity index (χ0) is 23.5. The largest absolute Gasteiger partial charge is 0.369 e. The number of carbonyl (C=O) groups is 1. The Morgan fingerprint density at radius 1 is 0.970 bits per heavy atom. The van der Waals surface area contributed by atoms with Crippen molar-refractivity contribution in [1.82, 2.24) is 5.43 Å². The van der Waals surface area contributed by atoms with Gasteiger partial charge in [0.15, 0.2) is 0 Å². The average molecular weight is 482 g/mol. The number of hydrogen-bond donors (Lipinski definition) is 1. The summed E-state index contributed by atoms with van der Waals surface area (Å²) < 4.78 is 0. The number of carbonyl (C=O) groups excluding carboxylic acids is 1. The Bertz CT molecular complexity index is 1040. The normalized spacial score (nSPS) is 12.0. The molecule has 4 nitrogen and oxygen atoms in total. The maximum atomic E-state index is 13.1. The van der Waals surface area contributed by atoms with E-state index >= 15 is 0 Å². The van der Waals surface area contributed by atoms with Gasteiger partial charge in [-0.1, -0.05) is 66.7 Å². The van der Waals surface area contributed by atoms with E-state index in [0.717, 1.165) is 41.0 Å². The molecule has 0 saturated carbocycles. The molecule has 1 N–H and O–H groups in total. The third-order valence-electron chi connectivity index (χ3n) is 5.51. The number of hydrazone groups is 1. The lowest BCUT2D eigenvalue weighted by Gasteiger charge is -2.23. The molecule has 0 bridgehead atoms. The minimum Gasteiger partial charge on any atom is -0.369 e. The van der Waals surface area contributed by atoms with Crippen LogP contribution in [0.25, 0.3) is 0 Å². The van der Waals surface area contributed by atoms with Crippen LogP contribution in [0.15, 0.2) is 84.0 Å². The Balaban J connectivity index is 1.71. The van der Waals surface area contributed by atoms with Crippen molar-refractivity contribution < 1.29 is 4.79 Å². The van der Waals surface area contributed by atoms with Crippen LogP contribution in [-0.2, 0) is 11.2 Å². The minimum atomic E-state index is -0.325. The van der Waals surface area contributed by atoms with E-state index in [-0.39, 0.29) is 11.8 Å². The van der Waals surface area contributed by atoms with Crippen molar-refractivity contribution >= 4 is 41.0 Å². The first-order valence-electron chi connectivity index (χ1n) is 11.0. The van der Waals surface area contributed by atoms with Gasteiger partial charge in [-0.25, -0.2) is 5.43 Å². The second-order valence-corrected chi connectivity index (χ2v) is 8.55. The highest BCUT2D eigenvalue weighted by atomic mass is 35.5. The SMILES string of the molecule is Cc1cc(N(CCCl)CCCl)ccc1/C=N\NC(=O)[C@H](Cc1ccccc1)c1ccccc1. The van der Waals surface area contributed by atoms with Gasteiger partial charge >= 0.3 is 0 Å². The van der Waals surface area contributed by atoms with E-state index in [0.29, 0.717) is 18.2 Å². The van der Waals surface area contributed by atoms with E-state index in [4.69, 9.17) is 23.2 Å². The van der Waals surface area contributed by atoms with E-state index in [2.05, 4.69) is 21.5 Å². The van der Waals surface area contributed by atoms with Crippen molar-refractivity contribution in [3.8, 4) is 0 Å². The number of benzene rings is 3. The van der Waals surface area contributed by atoms with Gasteiger partial charge in [0.25, 0.3) is 0 Å². The third kappa shape index (κ3) is 7.34. The molecule has 3 rings (SSSR count). The molecule has 1 amide bonds. The summed E-state index contributed by atoms with van der Waals surface area (Å²) >= 11 is 11.9. The molecule has 0 aliphatic heterocycles. The van der Waals surface area contributed by atoms with Gasteiger partial charge in [-0.15, -0.1) is 23.2 Å². The van der Waals surface area contributed by atoms with Crippen LogP contribution < -0.4 is 10.3 Å². The summed E-state index contributed by atoms with van der Waals surface area (Å²) in [7, 11) is 0. The monoisotopic (exact) mass is 481 g/mol. The van der Waals surface area contributed by atoms with Crippen molar-refractivity contribution in [2.24, 2.45) is 5.10 Å². The molecular weight excluding hydrogens is 453 g/mol. The summed E-state index contributed by atoms with van der Waals surface area (Å²) in [6, 6.07) is 25.9. The van der Waals surface area contributed by atoms with Crippen LogP contribution in [-0.4, -0.2) is 37.0 Å². The number of nitrogens with zero attached hydrogens (tertiary/aromatic N) is 2. The quantitative estimate of drug-likeness (QED) is 0.215. The number of aryl methyl sites for hydroxylation is 1. The van der Waals surface area contributed by atoms with Crippen molar-refractivity contribution in [2.45, 2.75) is 19.3 Å². The smallest absolute Gasteiger partial charge is 0.247 e. The second-order valence-electron chi connectivity index (χ2n) is 7.79. The Morgan fingerprint density at radius 3 is 2.21 bits per heavy atom. The van der Waals surface area contributed by atoms with Gasteiger partial charge in [0.1, 0.15) is 0 Å². The molecule has 33 heavy (non-hydrogen) atoms. The van der Waals surface area contributed by atoms with Gasteiger partial charge < -0.3 is 4.90 Å². The van der Waals surface area contributed by atoms with Crippen molar-refractivity contribution in [3.63, 3.8) is 0 Å². The topological polar surface area (TPSA) is 44.7 Å². The highest BCUT2D eigenvalue weighted by Gasteiger charge is 2.20. The number of halogens is 2. The highest BCUT2D eigenvalue weighted by Crippen LogP contribution is 2.22. The summed E-state index contributed by atoms with van der Waals surface area (Å²) in [6.45, 7) is 3.49. The molecule has 6 heteroatoms. The molecule has 0 unspecified atom stereocenters. The highest BCUT2D eigenvalue weighted by molar-refractivity contribution is 6.18. The molecule has 3 aromatic carbocycles. The summed E-state index contributed by atoms with van der Waals surface area (Å²) in [5.74, 6) is 0.618. The lowest BCUT2D eigenvalue weighted by Crippen LogP contribution is -2.27. The molecule has 0 heterocycles.